The van der Waals surface area contributed by atoms with Crippen LogP contribution in [0.4, 0.5) is 28.0 Å². The van der Waals surface area contributed by atoms with Crippen LogP contribution in [0.15, 0.2) is 46.9 Å². The highest BCUT2D eigenvalue weighted by molar-refractivity contribution is 9.10. The van der Waals surface area contributed by atoms with Crippen LogP contribution in [0.5, 0.6) is 0 Å². The second kappa shape index (κ2) is 13.0. The van der Waals surface area contributed by atoms with Gasteiger partial charge in [0.2, 0.25) is 5.91 Å². The van der Waals surface area contributed by atoms with Gasteiger partial charge in [-0.1, -0.05) is 40.2 Å². The van der Waals surface area contributed by atoms with E-state index in [1.807, 2.05) is 18.2 Å². The summed E-state index contributed by atoms with van der Waals surface area (Å²) in [4.78, 5) is 24.6. The van der Waals surface area contributed by atoms with Crippen LogP contribution in [0.25, 0.3) is 0 Å². The zero-order valence-electron chi connectivity index (χ0n) is 20.8. The zero-order valence-corrected chi connectivity index (χ0v) is 22.4. The van der Waals surface area contributed by atoms with E-state index in [1.54, 1.807) is 26.8 Å². The predicted octanol–water partition coefficient (Wildman–Crippen LogP) is 7.16. The lowest BCUT2D eigenvalue weighted by Gasteiger charge is -2.20. The number of carbonyl (C=O) groups is 2. The van der Waals surface area contributed by atoms with Crippen molar-refractivity contribution in [2.24, 2.45) is 5.92 Å². The molecule has 0 aliphatic rings. The normalized spacial score (nSPS) is 12.5. The van der Waals surface area contributed by atoms with Crippen LogP contribution in [-0.4, -0.2) is 29.5 Å². The number of benzene rings is 2. The Hall–Kier alpha value is -2.95. The zero-order chi connectivity index (χ0) is 27.8. The SMILES string of the molecule is CC(C)(C)OC(=O)NCc1cccc(CCCC(CC(=N)C(F)(F)F)C(=O)Nc2ccc(Br)cc2F)c1. The van der Waals surface area contributed by atoms with Crippen LogP contribution >= 0.6 is 15.9 Å². The lowest BCUT2D eigenvalue weighted by Crippen LogP contribution is -2.32. The highest BCUT2D eigenvalue weighted by Crippen LogP contribution is 2.26. The Morgan fingerprint density at radius 2 is 1.76 bits per heavy atom. The van der Waals surface area contributed by atoms with Crippen molar-refractivity contribution in [1.82, 2.24) is 5.32 Å². The molecule has 2 aromatic rings. The monoisotopic (exact) mass is 587 g/mol. The first kappa shape index (κ1) is 30.3. The molecule has 2 amide bonds. The van der Waals surface area contributed by atoms with Gasteiger partial charge in [-0.25, -0.2) is 9.18 Å². The van der Waals surface area contributed by atoms with Gasteiger partial charge in [-0.15, -0.1) is 0 Å². The summed E-state index contributed by atoms with van der Waals surface area (Å²) in [7, 11) is 0. The standard InChI is InChI=1S/C26H30BrF4N3O3/c1-25(2,3)37-24(36)33-15-17-8-4-6-16(12-17)7-5-9-18(13-22(32)26(29,30)31)23(35)34-21-11-10-19(27)14-20(21)28/h4,6,8,10-12,14,18,32H,5,7,9,13,15H2,1-3H3,(H,33,36)(H,34,35). The van der Waals surface area contributed by atoms with Gasteiger partial charge in [0.1, 0.15) is 17.1 Å². The van der Waals surface area contributed by atoms with E-state index >= 15 is 0 Å². The van der Waals surface area contributed by atoms with Gasteiger partial charge in [0.25, 0.3) is 0 Å². The molecule has 1 atom stereocenters. The van der Waals surface area contributed by atoms with Gasteiger partial charge >= 0.3 is 12.3 Å². The van der Waals surface area contributed by atoms with Crippen molar-refractivity contribution in [3.05, 3.63) is 63.9 Å². The van der Waals surface area contributed by atoms with Crippen LogP contribution in [0, 0.1) is 17.1 Å². The van der Waals surface area contributed by atoms with Crippen molar-refractivity contribution in [3.8, 4) is 0 Å². The number of carbonyl (C=O) groups excluding carboxylic acids is 2. The summed E-state index contributed by atoms with van der Waals surface area (Å²) in [6.45, 7) is 5.50. The molecule has 0 aliphatic heterocycles. The number of hydrogen-bond donors (Lipinski definition) is 3. The summed E-state index contributed by atoms with van der Waals surface area (Å²) in [5.41, 5.74) is -0.615. The number of aryl methyl sites for hydroxylation is 1. The molecule has 3 N–H and O–H groups in total. The Morgan fingerprint density at radius 3 is 2.38 bits per heavy atom. The minimum Gasteiger partial charge on any atom is -0.444 e. The van der Waals surface area contributed by atoms with E-state index in [0.717, 1.165) is 17.2 Å². The van der Waals surface area contributed by atoms with Gasteiger partial charge in [-0.05, 0) is 69.4 Å². The molecule has 0 bridgehead atoms. The number of amides is 2. The summed E-state index contributed by atoms with van der Waals surface area (Å²) < 4.78 is 58.8. The largest absolute Gasteiger partial charge is 0.444 e. The van der Waals surface area contributed by atoms with E-state index in [4.69, 9.17) is 10.1 Å². The van der Waals surface area contributed by atoms with E-state index in [-0.39, 0.29) is 18.7 Å². The van der Waals surface area contributed by atoms with Crippen LogP contribution in [0.1, 0.15) is 51.2 Å². The van der Waals surface area contributed by atoms with E-state index in [2.05, 4.69) is 26.6 Å². The van der Waals surface area contributed by atoms with Gasteiger partial charge in [-0.3, -0.25) is 4.79 Å². The van der Waals surface area contributed by atoms with E-state index < -0.39 is 47.6 Å². The summed E-state index contributed by atoms with van der Waals surface area (Å²) in [5, 5.41) is 12.4. The quantitative estimate of drug-likeness (QED) is 0.203. The van der Waals surface area contributed by atoms with Crippen molar-refractivity contribution in [3.63, 3.8) is 0 Å². The molecule has 0 saturated carbocycles. The molecule has 6 nitrogen and oxygen atoms in total. The van der Waals surface area contributed by atoms with Gasteiger partial charge in [0.05, 0.1) is 5.69 Å². The molecule has 0 aromatic heterocycles. The van der Waals surface area contributed by atoms with Crippen molar-refractivity contribution in [2.45, 2.75) is 64.8 Å². The fourth-order valence-electron chi connectivity index (χ4n) is 3.45. The Labute approximate surface area is 221 Å². The minimum atomic E-state index is -4.85. The molecule has 0 spiro atoms. The number of ether oxygens (including phenoxy) is 1. The van der Waals surface area contributed by atoms with Crippen LogP contribution in [0.3, 0.4) is 0 Å². The molecule has 11 heteroatoms. The summed E-state index contributed by atoms with van der Waals surface area (Å²) in [6.07, 6.45) is -5.35. The number of anilines is 1. The molecule has 0 radical (unpaired) electrons. The second-order valence-electron chi connectivity index (χ2n) is 9.56. The molecule has 202 valence electrons. The first-order chi connectivity index (χ1) is 17.1. The third-order valence-electron chi connectivity index (χ3n) is 5.20. The number of hydrogen-bond acceptors (Lipinski definition) is 4. The van der Waals surface area contributed by atoms with E-state index in [0.29, 0.717) is 17.3 Å². The topological polar surface area (TPSA) is 91.3 Å². The Kier molecular flexibility index (Phi) is 10.7. The smallest absolute Gasteiger partial charge is 0.428 e. The molecule has 0 fully saturated rings. The lowest BCUT2D eigenvalue weighted by atomic mass is 9.93. The van der Waals surface area contributed by atoms with Crippen LogP contribution < -0.4 is 10.6 Å². The van der Waals surface area contributed by atoms with Gasteiger partial charge in [-0.2, -0.15) is 13.2 Å². The van der Waals surface area contributed by atoms with Crippen molar-refractivity contribution in [1.29, 1.82) is 5.41 Å². The molecule has 37 heavy (non-hydrogen) atoms. The molecule has 1 unspecified atom stereocenters. The Balaban J connectivity index is 2.02. The van der Waals surface area contributed by atoms with Crippen LogP contribution in [0.2, 0.25) is 0 Å². The Morgan fingerprint density at radius 1 is 1.08 bits per heavy atom. The third-order valence-corrected chi connectivity index (χ3v) is 5.69. The molecular formula is C26H30BrF4N3O3. The second-order valence-corrected chi connectivity index (χ2v) is 10.5. The van der Waals surface area contributed by atoms with Gasteiger partial charge < -0.3 is 20.8 Å². The van der Waals surface area contributed by atoms with Gasteiger partial charge in [0.15, 0.2) is 0 Å². The maximum absolute atomic E-state index is 14.1. The van der Waals surface area contributed by atoms with Crippen LogP contribution in [-0.2, 0) is 22.5 Å². The average molecular weight is 588 g/mol. The molecule has 0 heterocycles. The number of nitrogens with one attached hydrogen (secondary N) is 3. The van der Waals surface area contributed by atoms with Crippen molar-refractivity contribution in [2.75, 3.05) is 5.32 Å². The summed E-state index contributed by atoms with van der Waals surface area (Å²) in [5.74, 6) is -2.69. The van der Waals surface area contributed by atoms with E-state index in [1.165, 1.54) is 12.1 Å². The molecule has 0 saturated heterocycles. The minimum absolute atomic E-state index is 0.0584. The fourth-order valence-corrected chi connectivity index (χ4v) is 3.78. The summed E-state index contributed by atoms with van der Waals surface area (Å²) in [6, 6.07) is 11.2. The number of halogens is 5. The highest BCUT2D eigenvalue weighted by Gasteiger charge is 2.37. The fraction of sp³-hybridized carbons (Fsp3) is 0.423. The molecular weight excluding hydrogens is 558 g/mol. The average Bonchev–Trinajstić information content (AvgIpc) is 2.77. The molecule has 2 aromatic carbocycles. The van der Waals surface area contributed by atoms with Crippen molar-refractivity contribution < 1.29 is 31.9 Å². The Bertz CT molecular complexity index is 1120. The van der Waals surface area contributed by atoms with Crippen molar-refractivity contribution >= 4 is 39.3 Å². The van der Waals surface area contributed by atoms with E-state index in [9.17, 15) is 27.2 Å². The lowest BCUT2D eigenvalue weighted by molar-refractivity contribution is -0.120. The first-order valence-electron chi connectivity index (χ1n) is 11.6. The predicted molar refractivity (Wildman–Crippen MR) is 137 cm³/mol. The third kappa shape index (κ3) is 10.9. The highest BCUT2D eigenvalue weighted by atomic mass is 79.9. The molecule has 2 rings (SSSR count). The van der Waals surface area contributed by atoms with Gasteiger partial charge in [0, 0.05) is 23.4 Å². The number of alkyl carbamates (subject to hydrolysis) is 1. The summed E-state index contributed by atoms with van der Waals surface area (Å²) >= 11 is 3.10. The number of alkyl halides is 3. The molecule has 0 aliphatic carbocycles. The maximum Gasteiger partial charge on any atom is 0.428 e. The number of rotatable bonds is 10. The first-order valence-corrected chi connectivity index (χ1v) is 12.4. The maximum atomic E-state index is 14.1.